The number of esters is 2. The SMILES string of the molecule is CC(C)=NOCCOC(=O)[C@@H](C)Oc1ccc(Oc2cnc3cc(Cl)ccc3n2)cc1.CCOC(=O)/C(Cl)=C/c1cc(N2C(=O)C3=C(CCCC3)C2=O)ccc1Cl. The first kappa shape index (κ1) is 42.6. The minimum absolute atomic E-state index is 0.0924. The number of aromatic nitrogens is 2. The molecular formula is C41H39Cl3N4O9. The monoisotopic (exact) mass is 836 g/mol. The lowest BCUT2D eigenvalue weighted by atomic mass is 9.93. The first-order valence-electron chi connectivity index (χ1n) is 18.0. The normalized spacial score (nSPS) is 14.3. The van der Waals surface area contributed by atoms with Gasteiger partial charge in [-0.25, -0.2) is 24.5 Å². The lowest BCUT2D eigenvalue weighted by Crippen LogP contribution is -2.31. The smallest absolute Gasteiger partial charge is 0.349 e. The average molecular weight is 838 g/mol. The summed E-state index contributed by atoms with van der Waals surface area (Å²) in [5.41, 5.74) is 4.19. The van der Waals surface area contributed by atoms with E-state index in [9.17, 15) is 19.2 Å². The van der Waals surface area contributed by atoms with Crippen LogP contribution in [0, 0.1) is 0 Å². The molecule has 1 aliphatic carbocycles. The van der Waals surface area contributed by atoms with Crippen LogP contribution in [0.25, 0.3) is 17.1 Å². The Labute approximate surface area is 344 Å². The molecule has 6 rings (SSSR count). The summed E-state index contributed by atoms with van der Waals surface area (Å²) in [6.45, 7) is 7.38. The number of ether oxygens (including phenoxy) is 4. The van der Waals surface area contributed by atoms with Gasteiger partial charge in [-0.05, 0) is 126 Å². The molecule has 3 aromatic carbocycles. The minimum Gasteiger partial charge on any atom is -0.479 e. The van der Waals surface area contributed by atoms with E-state index in [-0.39, 0.29) is 36.7 Å². The Morgan fingerprint density at radius 2 is 1.58 bits per heavy atom. The van der Waals surface area contributed by atoms with E-state index in [1.165, 1.54) is 17.2 Å². The van der Waals surface area contributed by atoms with E-state index in [1.807, 2.05) is 13.8 Å². The summed E-state index contributed by atoms with van der Waals surface area (Å²) in [4.78, 5) is 63.8. The largest absolute Gasteiger partial charge is 0.479 e. The number of fused-ring (bicyclic) bond motifs is 1. The lowest BCUT2D eigenvalue weighted by Gasteiger charge is -2.16. The number of halogens is 3. The van der Waals surface area contributed by atoms with Crippen LogP contribution in [0.1, 0.15) is 58.9 Å². The molecule has 57 heavy (non-hydrogen) atoms. The summed E-state index contributed by atoms with van der Waals surface area (Å²) in [5, 5.41) is 4.56. The van der Waals surface area contributed by atoms with Crippen molar-refractivity contribution in [2.24, 2.45) is 5.16 Å². The molecule has 0 spiro atoms. The van der Waals surface area contributed by atoms with Crippen molar-refractivity contribution in [3.8, 4) is 17.4 Å². The third-order valence-electron chi connectivity index (χ3n) is 8.22. The highest BCUT2D eigenvalue weighted by Gasteiger charge is 2.39. The molecule has 0 radical (unpaired) electrons. The molecule has 0 unspecified atom stereocenters. The van der Waals surface area contributed by atoms with Crippen LogP contribution in [0.4, 0.5) is 5.69 Å². The molecule has 4 aromatic rings. The number of imide groups is 1. The summed E-state index contributed by atoms with van der Waals surface area (Å²) < 4.78 is 21.3. The maximum Gasteiger partial charge on any atom is 0.349 e. The van der Waals surface area contributed by atoms with Crippen LogP contribution in [-0.2, 0) is 33.5 Å². The number of amides is 2. The molecule has 0 saturated heterocycles. The summed E-state index contributed by atoms with van der Waals surface area (Å²) in [6, 6.07) is 16.8. The van der Waals surface area contributed by atoms with Crippen molar-refractivity contribution in [3.63, 3.8) is 0 Å². The molecule has 0 bridgehead atoms. The summed E-state index contributed by atoms with van der Waals surface area (Å²) in [5.74, 6) is -0.316. The van der Waals surface area contributed by atoms with Gasteiger partial charge in [-0.1, -0.05) is 40.0 Å². The molecule has 2 heterocycles. The van der Waals surface area contributed by atoms with Gasteiger partial charge in [-0.2, -0.15) is 0 Å². The van der Waals surface area contributed by atoms with Crippen molar-refractivity contribution in [1.82, 2.24) is 9.97 Å². The second kappa shape index (κ2) is 20.1. The Hall–Kier alpha value is -5.50. The van der Waals surface area contributed by atoms with E-state index in [4.69, 9.17) is 58.6 Å². The van der Waals surface area contributed by atoms with E-state index in [0.29, 0.717) is 73.7 Å². The Balaban J connectivity index is 0.000000221. The van der Waals surface area contributed by atoms with Gasteiger partial charge >= 0.3 is 11.9 Å². The van der Waals surface area contributed by atoms with Crippen LogP contribution in [0.15, 0.2) is 88.2 Å². The van der Waals surface area contributed by atoms with Crippen LogP contribution in [0.5, 0.6) is 17.4 Å². The number of rotatable bonds is 13. The molecule has 0 saturated carbocycles. The van der Waals surface area contributed by atoms with Gasteiger partial charge < -0.3 is 23.8 Å². The molecular weight excluding hydrogens is 799 g/mol. The first-order valence-corrected chi connectivity index (χ1v) is 19.1. The minimum atomic E-state index is -0.777. The molecule has 1 aliphatic heterocycles. The number of oxime groups is 1. The third-order valence-corrected chi connectivity index (χ3v) is 9.06. The number of carbonyl (C=O) groups is 4. The zero-order valence-corrected chi connectivity index (χ0v) is 33.8. The van der Waals surface area contributed by atoms with Gasteiger partial charge in [0.05, 0.1) is 35.2 Å². The Morgan fingerprint density at radius 3 is 2.25 bits per heavy atom. The Kier molecular flexibility index (Phi) is 15.0. The van der Waals surface area contributed by atoms with Gasteiger partial charge in [0, 0.05) is 21.2 Å². The van der Waals surface area contributed by atoms with Crippen LogP contribution in [0.3, 0.4) is 0 Å². The van der Waals surface area contributed by atoms with Crippen molar-refractivity contribution in [1.29, 1.82) is 0 Å². The number of benzene rings is 3. The van der Waals surface area contributed by atoms with Gasteiger partial charge in [0.25, 0.3) is 11.8 Å². The van der Waals surface area contributed by atoms with E-state index in [0.717, 1.165) is 18.6 Å². The number of hydrogen-bond donors (Lipinski definition) is 0. The fourth-order valence-electron chi connectivity index (χ4n) is 5.60. The van der Waals surface area contributed by atoms with Gasteiger partial charge in [0.2, 0.25) is 5.88 Å². The first-order chi connectivity index (χ1) is 27.3. The van der Waals surface area contributed by atoms with Gasteiger partial charge in [0.1, 0.15) is 23.1 Å². The van der Waals surface area contributed by atoms with Crippen LogP contribution in [-0.4, -0.2) is 65.4 Å². The maximum absolute atomic E-state index is 12.7. The van der Waals surface area contributed by atoms with Crippen molar-refractivity contribution in [2.75, 3.05) is 24.7 Å². The molecule has 0 N–H and O–H groups in total. The standard InChI is InChI=1S/C22H22ClN3O5.C19H17Cl2NO4/c1-14(2)26-29-11-10-28-22(27)15(3)30-17-5-7-18(8-6-17)31-21-13-24-20-12-16(23)4-9-19(20)25-21;1-2-26-19(25)16(21)10-11-9-12(7-8-15(11)20)22-17(23)13-5-3-4-6-14(13)18(22)24/h4-9,12-13,15H,10-11H2,1-3H3;7-10H,2-6H2,1H3/b;16-10-/t15-;/m1./s1. The van der Waals surface area contributed by atoms with Crippen molar-refractivity contribution in [3.05, 3.63) is 98.6 Å². The van der Waals surface area contributed by atoms with Gasteiger partial charge in [0.15, 0.2) is 12.7 Å². The highest BCUT2D eigenvalue weighted by molar-refractivity contribution is 6.43. The second-order valence-corrected chi connectivity index (χ2v) is 14.0. The van der Waals surface area contributed by atoms with E-state index < -0.39 is 18.0 Å². The fourth-order valence-corrected chi connectivity index (χ4v) is 6.11. The van der Waals surface area contributed by atoms with Crippen LogP contribution >= 0.6 is 34.8 Å². The molecule has 298 valence electrons. The second-order valence-electron chi connectivity index (χ2n) is 12.7. The summed E-state index contributed by atoms with van der Waals surface area (Å²) >= 11 is 18.1. The number of anilines is 1. The zero-order valence-electron chi connectivity index (χ0n) is 31.6. The topological polar surface area (TPSA) is 156 Å². The predicted octanol–water partition coefficient (Wildman–Crippen LogP) is 9.03. The molecule has 0 fully saturated rings. The van der Waals surface area contributed by atoms with Crippen molar-refractivity contribution >= 4 is 87.1 Å². The fraction of sp³-hybridized carbons (Fsp3) is 0.293. The van der Waals surface area contributed by atoms with Crippen molar-refractivity contribution in [2.45, 2.75) is 59.5 Å². The summed E-state index contributed by atoms with van der Waals surface area (Å²) in [6.07, 6.45) is 5.20. The lowest BCUT2D eigenvalue weighted by molar-refractivity contribution is -0.152. The van der Waals surface area contributed by atoms with Crippen LogP contribution < -0.4 is 14.4 Å². The van der Waals surface area contributed by atoms with E-state index in [1.54, 1.807) is 74.5 Å². The molecule has 2 aliphatic rings. The molecule has 2 amide bonds. The Morgan fingerprint density at radius 1 is 0.895 bits per heavy atom. The quantitative estimate of drug-likeness (QED) is 0.0316. The summed E-state index contributed by atoms with van der Waals surface area (Å²) in [7, 11) is 0. The highest BCUT2D eigenvalue weighted by Crippen LogP contribution is 2.37. The van der Waals surface area contributed by atoms with E-state index >= 15 is 0 Å². The number of carbonyl (C=O) groups excluding carboxylic acids is 4. The molecule has 1 aromatic heterocycles. The molecule has 1 atom stereocenters. The van der Waals surface area contributed by atoms with Gasteiger partial charge in [-0.3, -0.25) is 9.59 Å². The predicted molar refractivity (Wildman–Crippen MR) is 217 cm³/mol. The maximum atomic E-state index is 12.7. The number of nitrogens with zero attached hydrogens (tertiary/aromatic N) is 4. The van der Waals surface area contributed by atoms with E-state index in [2.05, 4.69) is 15.1 Å². The average Bonchev–Trinajstić information content (AvgIpc) is 3.45. The van der Waals surface area contributed by atoms with Crippen molar-refractivity contribution < 1.29 is 43.0 Å². The third kappa shape index (κ3) is 11.5. The van der Waals surface area contributed by atoms with Gasteiger partial charge in [-0.15, -0.1) is 0 Å². The highest BCUT2D eigenvalue weighted by atomic mass is 35.5. The Bertz CT molecular complexity index is 2210. The number of hydrogen-bond acceptors (Lipinski definition) is 12. The zero-order chi connectivity index (χ0) is 41.1. The molecule has 13 nitrogen and oxygen atoms in total. The molecule has 16 heteroatoms. The van der Waals surface area contributed by atoms with Crippen LogP contribution in [0.2, 0.25) is 10.0 Å².